The first-order valence-electron chi connectivity index (χ1n) is 6.53. The second-order valence-corrected chi connectivity index (χ2v) is 6.10. The third-order valence-corrected chi connectivity index (χ3v) is 3.63. The van der Waals surface area contributed by atoms with E-state index in [0.717, 1.165) is 17.3 Å². The minimum absolute atomic E-state index is 0.233. The van der Waals surface area contributed by atoms with Crippen molar-refractivity contribution in [2.45, 2.75) is 31.9 Å². The highest BCUT2D eigenvalue weighted by Gasteiger charge is 2.27. The topological polar surface area (TPSA) is 64.6 Å². The Morgan fingerprint density at radius 2 is 2.19 bits per heavy atom. The first-order valence-corrected chi connectivity index (χ1v) is 7.70. The van der Waals surface area contributed by atoms with E-state index in [4.69, 9.17) is 21.1 Å². The third-order valence-electron chi connectivity index (χ3n) is 2.84. The van der Waals surface area contributed by atoms with Gasteiger partial charge in [0.2, 0.25) is 0 Å². The summed E-state index contributed by atoms with van der Waals surface area (Å²) in [4.78, 5) is 23.3. The maximum Gasteiger partial charge on any atom is 0.344 e. The van der Waals surface area contributed by atoms with E-state index >= 15 is 0 Å². The van der Waals surface area contributed by atoms with Gasteiger partial charge in [0.05, 0.1) is 5.02 Å². The van der Waals surface area contributed by atoms with Gasteiger partial charge in [-0.05, 0) is 38.0 Å². The zero-order valence-corrected chi connectivity index (χ0v) is 13.7. The predicted octanol–water partition coefficient (Wildman–Crippen LogP) is 2.69. The quantitative estimate of drug-likeness (QED) is 0.775. The molecule has 1 atom stereocenters. The molecule has 0 aromatic heterocycles. The molecule has 1 saturated carbocycles. The van der Waals surface area contributed by atoms with Crippen molar-refractivity contribution in [2.24, 2.45) is 0 Å². The normalized spacial score (nSPS) is 15.2. The smallest absolute Gasteiger partial charge is 0.344 e. The summed E-state index contributed by atoms with van der Waals surface area (Å²) in [5.74, 6) is -0.521. The monoisotopic (exact) mass is 375 g/mol. The van der Waals surface area contributed by atoms with Gasteiger partial charge < -0.3 is 14.8 Å². The lowest BCUT2D eigenvalue weighted by Crippen LogP contribution is -2.37. The van der Waals surface area contributed by atoms with Crippen LogP contribution in [0.3, 0.4) is 0 Å². The lowest BCUT2D eigenvalue weighted by atomic mass is 10.3. The number of hydrogen-bond donors (Lipinski definition) is 1. The molecule has 0 bridgehead atoms. The van der Waals surface area contributed by atoms with Crippen molar-refractivity contribution >= 4 is 39.4 Å². The van der Waals surface area contributed by atoms with Crippen molar-refractivity contribution in [1.82, 2.24) is 5.32 Å². The number of amides is 1. The summed E-state index contributed by atoms with van der Waals surface area (Å²) >= 11 is 9.24. The van der Waals surface area contributed by atoms with Crippen LogP contribution in [0, 0.1) is 0 Å². The van der Waals surface area contributed by atoms with Crippen molar-refractivity contribution in [2.75, 3.05) is 6.61 Å². The van der Waals surface area contributed by atoms with Gasteiger partial charge in [0, 0.05) is 10.5 Å². The molecule has 1 fully saturated rings. The van der Waals surface area contributed by atoms with Gasteiger partial charge in [-0.3, -0.25) is 4.79 Å². The molecule has 1 aromatic rings. The molecule has 1 amide bonds. The molecule has 0 radical (unpaired) electrons. The zero-order chi connectivity index (χ0) is 15.4. The molecule has 1 aliphatic carbocycles. The number of benzene rings is 1. The van der Waals surface area contributed by atoms with Gasteiger partial charge in [0.1, 0.15) is 5.75 Å². The van der Waals surface area contributed by atoms with Gasteiger partial charge in [-0.1, -0.05) is 27.5 Å². The summed E-state index contributed by atoms with van der Waals surface area (Å²) in [5, 5.41) is 3.15. The highest BCUT2D eigenvalue weighted by Crippen LogP contribution is 2.27. The van der Waals surface area contributed by atoms with E-state index in [1.165, 1.54) is 6.92 Å². The minimum Gasteiger partial charge on any atom is -0.480 e. The van der Waals surface area contributed by atoms with E-state index in [2.05, 4.69) is 21.2 Å². The molecular formula is C14H15BrClNO4. The largest absolute Gasteiger partial charge is 0.480 e. The Kier molecular flexibility index (Phi) is 5.47. The zero-order valence-electron chi connectivity index (χ0n) is 11.4. The van der Waals surface area contributed by atoms with Crippen LogP contribution < -0.4 is 10.1 Å². The van der Waals surface area contributed by atoms with Crippen molar-refractivity contribution in [3.8, 4) is 5.75 Å². The Labute approximate surface area is 136 Å². The van der Waals surface area contributed by atoms with Crippen LogP contribution in [0.2, 0.25) is 5.02 Å². The first-order chi connectivity index (χ1) is 9.95. The fourth-order valence-corrected chi connectivity index (χ4v) is 2.29. The van der Waals surface area contributed by atoms with Gasteiger partial charge in [0.25, 0.3) is 5.91 Å². The van der Waals surface area contributed by atoms with Gasteiger partial charge in [-0.2, -0.15) is 0 Å². The highest BCUT2D eigenvalue weighted by molar-refractivity contribution is 9.10. The molecule has 0 unspecified atom stereocenters. The van der Waals surface area contributed by atoms with E-state index in [1.807, 2.05) is 0 Å². The Morgan fingerprint density at radius 3 is 2.81 bits per heavy atom. The predicted molar refractivity (Wildman–Crippen MR) is 81.4 cm³/mol. The fraction of sp³-hybridized carbons (Fsp3) is 0.429. The van der Waals surface area contributed by atoms with Crippen LogP contribution in [-0.2, 0) is 14.3 Å². The second-order valence-electron chi connectivity index (χ2n) is 4.78. The number of rotatable bonds is 6. The average Bonchev–Trinajstić information content (AvgIpc) is 3.21. The van der Waals surface area contributed by atoms with Crippen LogP contribution in [0.5, 0.6) is 5.75 Å². The number of hydrogen-bond acceptors (Lipinski definition) is 4. The molecule has 1 N–H and O–H groups in total. The van der Waals surface area contributed by atoms with Crippen LogP contribution in [0.4, 0.5) is 0 Å². The molecule has 2 rings (SSSR count). The van der Waals surface area contributed by atoms with Crippen molar-refractivity contribution < 1.29 is 19.1 Å². The number of carbonyl (C=O) groups is 2. The minimum atomic E-state index is -0.831. The maximum absolute atomic E-state index is 11.6. The standard InChI is InChI=1S/C14H15BrClNO4/c1-8(14(19)17-10-3-4-10)21-13(18)7-20-12-5-2-9(15)6-11(12)16/h2,5-6,8,10H,3-4,7H2,1H3,(H,17,19)/t8-/m1/s1. The first kappa shape index (κ1) is 16.1. The molecule has 21 heavy (non-hydrogen) atoms. The van der Waals surface area contributed by atoms with E-state index in [1.54, 1.807) is 18.2 Å². The Morgan fingerprint density at radius 1 is 1.48 bits per heavy atom. The SMILES string of the molecule is C[C@@H](OC(=O)COc1ccc(Br)cc1Cl)C(=O)NC1CC1. The summed E-state index contributed by atoms with van der Waals surface area (Å²) in [6.07, 6.45) is 1.14. The van der Waals surface area contributed by atoms with Crippen LogP contribution >= 0.6 is 27.5 Å². The summed E-state index contributed by atoms with van der Waals surface area (Å²) in [7, 11) is 0. The maximum atomic E-state index is 11.6. The number of esters is 1. The number of carbonyl (C=O) groups excluding carboxylic acids is 2. The molecular weight excluding hydrogens is 362 g/mol. The van der Waals surface area contributed by atoms with E-state index in [0.29, 0.717) is 10.8 Å². The molecule has 114 valence electrons. The molecule has 5 nitrogen and oxygen atoms in total. The lowest BCUT2D eigenvalue weighted by molar-refractivity contribution is -0.156. The molecule has 1 aliphatic rings. The molecule has 0 saturated heterocycles. The van der Waals surface area contributed by atoms with Gasteiger partial charge >= 0.3 is 5.97 Å². The highest BCUT2D eigenvalue weighted by atomic mass is 79.9. The number of nitrogens with one attached hydrogen (secondary N) is 1. The second kappa shape index (κ2) is 7.13. The molecule has 0 aliphatic heterocycles. The van der Waals surface area contributed by atoms with Gasteiger partial charge in [-0.25, -0.2) is 4.79 Å². The number of ether oxygens (including phenoxy) is 2. The van der Waals surface area contributed by atoms with E-state index in [9.17, 15) is 9.59 Å². The van der Waals surface area contributed by atoms with E-state index < -0.39 is 12.1 Å². The van der Waals surface area contributed by atoms with Crippen LogP contribution in [-0.4, -0.2) is 30.6 Å². The van der Waals surface area contributed by atoms with E-state index in [-0.39, 0.29) is 18.6 Å². The summed E-state index contributed by atoms with van der Waals surface area (Å²) in [6, 6.07) is 5.28. The van der Waals surface area contributed by atoms with Gasteiger partial charge in [0.15, 0.2) is 12.7 Å². The van der Waals surface area contributed by atoms with Crippen molar-refractivity contribution in [3.63, 3.8) is 0 Å². The summed E-state index contributed by atoms with van der Waals surface area (Å²) in [6.45, 7) is 1.23. The number of halogens is 2. The molecule has 0 heterocycles. The fourth-order valence-electron chi connectivity index (χ4n) is 1.56. The molecule has 0 spiro atoms. The van der Waals surface area contributed by atoms with Crippen LogP contribution in [0.1, 0.15) is 19.8 Å². The Balaban J connectivity index is 1.77. The Hall–Kier alpha value is -1.27. The molecule has 1 aromatic carbocycles. The lowest BCUT2D eigenvalue weighted by Gasteiger charge is -2.13. The summed E-state index contributed by atoms with van der Waals surface area (Å²) in [5.41, 5.74) is 0. The average molecular weight is 377 g/mol. The van der Waals surface area contributed by atoms with Gasteiger partial charge in [-0.15, -0.1) is 0 Å². The van der Waals surface area contributed by atoms with Crippen molar-refractivity contribution in [3.05, 3.63) is 27.7 Å². The van der Waals surface area contributed by atoms with Crippen molar-refractivity contribution in [1.29, 1.82) is 0 Å². The summed E-state index contributed by atoms with van der Waals surface area (Å²) < 4.78 is 11.1. The molecule has 7 heteroatoms. The third kappa shape index (κ3) is 5.21. The Bertz CT molecular complexity index is 548. The van der Waals surface area contributed by atoms with Crippen LogP contribution in [0.15, 0.2) is 22.7 Å². The van der Waals surface area contributed by atoms with Crippen LogP contribution in [0.25, 0.3) is 0 Å².